The van der Waals surface area contributed by atoms with Gasteiger partial charge in [-0.2, -0.15) is 5.10 Å². The predicted octanol–water partition coefficient (Wildman–Crippen LogP) is 1.86. The highest BCUT2D eigenvalue weighted by Crippen LogP contribution is 2.33. The third-order valence-corrected chi connectivity index (χ3v) is 4.05. The molecule has 28 heavy (non-hydrogen) atoms. The minimum absolute atomic E-state index is 0.0543. The van der Waals surface area contributed by atoms with Crippen LogP contribution < -0.4 is 5.43 Å². The van der Waals surface area contributed by atoms with Gasteiger partial charge in [-0.15, -0.1) is 0 Å². The standard InChI is InChI=1S/C15H14N6O6S/c1-8-3-9(2)18-15(17-8)28-7-13(22)19-16-6-10-4-11(20(24)25)5-12(14(10)23)21(26)27/h3-6,23H,7H2,1-2H3,(H,19,22)/b16-6-. The van der Waals surface area contributed by atoms with E-state index in [1.54, 1.807) is 19.9 Å². The summed E-state index contributed by atoms with van der Waals surface area (Å²) in [5.41, 5.74) is 1.95. The first kappa shape index (κ1) is 20.7. The lowest BCUT2D eigenvalue weighted by atomic mass is 10.1. The van der Waals surface area contributed by atoms with Crippen molar-refractivity contribution in [3.8, 4) is 5.75 Å². The second kappa shape index (κ2) is 8.85. The number of aromatic hydroxyl groups is 1. The van der Waals surface area contributed by atoms with Crippen LogP contribution >= 0.6 is 11.8 Å². The smallest absolute Gasteiger partial charge is 0.318 e. The Hall–Kier alpha value is -3.61. The summed E-state index contributed by atoms with van der Waals surface area (Å²) >= 11 is 1.08. The fourth-order valence-corrected chi connectivity index (χ4v) is 2.80. The van der Waals surface area contributed by atoms with E-state index in [1.807, 2.05) is 0 Å². The predicted molar refractivity (Wildman–Crippen MR) is 99.4 cm³/mol. The lowest BCUT2D eigenvalue weighted by Gasteiger charge is -2.03. The molecule has 12 nitrogen and oxygen atoms in total. The second-order valence-corrected chi connectivity index (χ2v) is 6.37. The maximum absolute atomic E-state index is 11.8. The Labute approximate surface area is 162 Å². The third kappa shape index (κ3) is 5.44. The number of rotatable bonds is 7. The molecule has 0 saturated carbocycles. The van der Waals surface area contributed by atoms with Crippen LogP contribution in [0, 0.1) is 34.1 Å². The molecular weight excluding hydrogens is 392 g/mol. The summed E-state index contributed by atoms with van der Waals surface area (Å²) in [7, 11) is 0. The molecule has 0 spiro atoms. The molecule has 2 aromatic rings. The van der Waals surface area contributed by atoms with Crippen molar-refractivity contribution in [1.82, 2.24) is 15.4 Å². The fraction of sp³-hybridized carbons (Fsp3) is 0.200. The van der Waals surface area contributed by atoms with Crippen LogP contribution in [-0.4, -0.2) is 42.8 Å². The van der Waals surface area contributed by atoms with E-state index >= 15 is 0 Å². The summed E-state index contributed by atoms with van der Waals surface area (Å²) in [5.74, 6) is -1.38. The molecule has 1 aromatic heterocycles. The van der Waals surface area contributed by atoms with Crippen molar-refractivity contribution in [2.75, 3.05) is 5.75 Å². The minimum atomic E-state index is -0.960. The molecule has 2 N–H and O–H groups in total. The van der Waals surface area contributed by atoms with Crippen molar-refractivity contribution in [1.29, 1.82) is 0 Å². The van der Waals surface area contributed by atoms with Gasteiger partial charge in [-0.3, -0.25) is 25.0 Å². The number of aromatic nitrogens is 2. The summed E-state index contributed by atoms with van der Waals surface area (Å²) in [6.45, 7) is 3.60. The molecule has 1 heterocycles. The monoisotopic (exact) mass is 406 g/mol. The number of nitrogens with zero attached hydrogens (tertiary/aromatic N) is 5. The summed E-state index contributed by atoms with van der Waals surface area (Å²) in [6, 6.07) is 3.32. The molecule has 0 fully saturated rings. The number of phenolic OH excluding ortho intramolecular Hbond substituents is 1. The van der Waals surface area contributed by atoms with Gasteiger partial charge < -0.3 is 5.11 Å². The molecule has 13 heteroatoms. The van der Waals surface area contributed by atoms with E-state index in [2.05, 4.69) is 20.5 Å². The van der Waals surface area contributed by atoms with Crippen LogP contribution in [0.25, 0.3) is 0 Å². The summed E-state index contributed by atoms with van der Waals surface area (Å²) < 4.78 is 0. The lowest BCUT2D eigenvalue weighted by Crippen LogP contribution is -2.19. The number of amides is 1. The number of nitro groups is 2. The Morgan fingerprint density at radius 2 is 1.86 bits per heavy atom. The first-order chi connectivity index (χ1) is 13.2. The molecule has 0 bridgehead atoms. The average Bonchev–Trinajstić information content (AvgIpc) is 2.60. The van der Waals surface area contributed by atoms with Gasteiger partial charge in [0.25, 0.3) is 11.6 Å². The van der Waals surface area contributed by atoms with Crippen LogP contribution in [0.4, 0.5) is 11.4 Å². The van der Waals surface area contributed by atoms with E-state index in [0.717, 1.165) is 35.4 Å². The molecule has 0 atom stereocenters. The number of nitrogens with one attached hydrogen (secondary N) is 1. The largest absolute Gasteiger partial charge is 0.502 e. The number of non-ortho nitro benzene ring substituents is 1. The van der Waals surface area contributed by atoms with Gasteiger partial charge >= 0.3 is 5.69 Å². The first-order valence-corrected chi connectivity index (χ1v) is 8.58. The Morgan fingerprint density at radius 3 is 2.43 bits per heavy atom. The van der Waals surface area contributed by atoms with Crippen molar-refractivity contribution in [2.45, 2.75) is 19.0 Å². The number of carbonyl (C=O) groups is 1. The number of aryl methyl sites for hydroxylation is 2. The first-order valence-electron chi connectivity index (χ1n) is 7.60. The molecular formula is C15H14N6O6S. The van der Waals surface area contributed by atoms with Crippen LogP contribution in [0.15, 0.2) is 28.5 Å². The van der Waals surface area contributed by atoms with Crippen molar-refractivity contribution in [3.05, 3.63) is 55.4 Å². The van der Waals surface area contributed by atoms with Crippen LogP contribution in [0.2, 0.25) is 0 Å². The molecule has 146 valence electrons. The topological polar surface area (TPSA) is 174 Å². The van der Waals surface area contributed by atoms with Gasteiger partial charge in [0.2, 0.25) is 5.75 Å². The van der Waals surface area contributed by atoms with Crippen LogP contribution in [0.1, 0.15) is 17.0 Å². The van der Waals surface area contributed by atoms with E-state index in [9.17, 15) is 30.1 Å². The van der Waals surface area contributed by atoms with Gasteiger partial charge in [0.15, 0.2) is 5.16 Å². The van der Waals surface area contributed by atoms with Crippen molar-refractivity contribution in [2.24, 2.45) is 5.10 Å². The number of carbonyl (C=O) groups excluding carboxylic acids is 1. The molecule has 0 radical (unpaired) electrons. The molecule has 2 rings (SSSR count). The van der Waals surface area contributed by atoms with Crippen molar-refractivity contribution >= 4 is 35.3 Å². The van der Waals surface area contributed by atoms with Crippen LogP contribution in [0.5, 0.6) is 5.75 Å². The summed E-state index contributed by atoms with van der Waals surface area (Å²) in [6.07, 6.45) is 0.880. The Bertz CT molecular complexity index is 959. The van der Waals surface area contributed by atoms with Crippen LogP contribution in [-0.2, 0) is 4.79 Å². The molecule has 0 aliphatic heterocycles. The molecule has 0 aliphatic rings. The molecule has 1 aromatic carbocycles. The highest BCUT2D eigenvalue weighted by molar-refractivity contribution is 7.99. The summed E-state index contributed by atoms with van der Waals surface area (Å²) in [5, 5.41) is 35.6. The van der Waals surface area contributed by atoms with E-state index in [0.29, 0.717) is 11.2 Å². The fourth-order valence-electron chi connectivity index (χ4n) is 2.06. The zero-order valence-corrected chi connectivity index (χ0v) is 15.5. The number of hydrazone groups is 1. The van der Waals surface area contributed by atoms with Gasteiger partial charge in [0.05, 0.1) is 33.4 Å². The van der Waals surface area contributed by atoms with Gasteiger partial charge in [-0.05, 0) is 19.9 Å². The Kier molecular flexibility index (Phi) is 6.55. The second-order valence-electron chi connectivity index (χ2n) is 5.43. The number of nitro benzene ring substituents is 2. The zero-order chi connectivity index (χ0) is 20.8. The highest BCUT2D eigenvalue weighted by Gasteiger charge is 2.23. The van der Waals surface area contributed by atoms with Gasteiger partial charge in [-0.1, -0.05) is 11.8 Å². The normalized spacial score (nSPS) is 10.8. The zero-order valence-electron chi connectivity index (χ0n) is 14.6. The third-order valence-electron chi connectivity index (χ3n) is 3.20. The molecule has 0 aliphatic carbocycles. The van der Waals surface area contributed by atoms with Crippen molar-refractivity contribution in [3.63, 3.8) is 0 Å². The summed E-state index contributed by atoms with van der Waals surface area (Å²) in [4.78, 5) is 40.1. The number of hydrogen-bond acceptors (Lipinski definition) is 10. The Balaban J connectivity index is 2.06. The minimum Gasteiger partial charge on any atom is -0.502 e. The number of hydrogen-bond donors (Lipinski definition) is 2. The molecule has 1 amide bonds. The van der Waals surface area contributed by atoms with Crippen LogP contribution in [0.3, 0.4) is 0 Å². The maximum Gasteiger partial charge on any atom is 0.318 e. The SMILES string of the molecule is Cc1cc(C)nc(SCC(=O)N/N=C\c2cc([N+](=O)[O-])cc([N+](=O)[O-])c2O)n1. The van der Waals surface area contributed by atoms with Gasteiger partial charge in [0, 0.05) is 17.5 Å². The van der Waals surface area contributed by atoms with Gasteiger partial charge in [0.1, 0.15) is 0 Å². The number of thioether (sulfide) groups is 1. The molecule has 0 unspecified atom stereocenters. The van der Waals surface area contributed by atoms with Gasteiger partial charge in [-0.25, -0.2) is 15.4 Å². The highest BCUT2D eigenvalue weighted by atomic mass is 32.2. The number of benzene rings is 1. The average molecular weight is 406 g/mol. The molecule has 0 saturated heterocycles. The van der Waals surface area contributed by atoms with Crippen molar-refractivity contribution < 1.29 is 19.7 Å². The van der Waals surface area contributed by atoms with E-state index in [1.165, 1.54) is 0 Å². The van der Waals surface area contributed by atoms with E-state index in [-0.39, 0.29) is 11.3 Å². The maximum atomic E-state index is 11.8. The lowest BCUT2D eigenvalue weighted by molar-refractivity contribution is -0.394. The van der Waals surface area contributed by atoms with E-state index < -0.39 is 32.9 Å². The quantitative estimate of drug-likeness (QED) is 0.228. The number of phenols is 1. The Morgan fingerprint density at radius 1 is 1.21 bits per heavy atom. The van der Waals surface area contributed by atoms with E-state index in [4.69, 9.17) is 0 Å².